The molecule has 6 rings (SSSR count). The van der Waals surface area contributed by atoms with E-state index >= 15 is 4.39 Å². The molecule has 0 radical (unpaired) electrons. The van der Waals surface area contributed by atoms with E-state index in [4.69, 9.17) is 9.72 Å². The minimum absolute atomic E-state index is 0.0606. The summed E-state index contributed by atoms with van der Waals surface area (Å²) >= 11 is 0. The Morgan fingerprint density at radius 1 is 1.05 bits per heavy atom. The summed E-state index contributed by atoms with van der Waals surface area (Å²) in [6, 6.07) is 10.9. The highest BCUT2D eigenvalue weighted by Gasteiger charge is 2.21. The fourth-order valence-corrected chi connectivity index (χ4v) is 5.04. The zero-order valence-electron chi connectivity index (χ0n) is 22.9. The average Bonchev–Trinajstić information content (AvgIpc) is 3.36. The van der Waals surface area contributed by atoms with E-state index in [0.29, 0.717) is 65.4 Å². The van der Waals surface area contributed by atoms with Crippen molar-refractivity contribution in [3.63, 3.8) is 0 Å². The van der Waals surface area contributed by atoms with Gasteiger partial charge < -0.3 is 19.9 Å². The summed E-state index contributed by atoms with van der Waals surface area (Å²) in [5.74, 6) is 1.44. The number of nitrogens with zero attached hydrogens (tertiary/aromatic N) is 8. The Morgan fingerprint density at radius 2 is 1.85 bits per heavy atom. The molecule has 1 aliphatic heterocycles. The molecule has 5 aromatic rings. The summed E-state index contributed by atoms with van der Waals surface area (Å²) in [6.45, 7) is 9.68. The molecule has 12 heteroatoms. The number of carbonyl (C=O) groups excluding carboxylic acids is 1. The number of hydrogen-bond acceptors (Lipinski definition) is 9. The Morgan fingerprint density at radius 3 is 2.61 bits per heavy atom. The molecule has 4 heterocycles. The topological polar surface area (TPSA) is 114 Å². The number of rotatable bonds is 6. The number of piperazine rings is 1. The number of anilines is 3. The van der Waals surface area contributed by atoms with Crippen LogP contribution in [0.1, 0.15) is 11.1 Å². The number of amides is 1. The molecule has 41 heavy (non-hydrogen) atoms. The van der Waals surface area contributed by atoms with Gasteiger partial charge in [0.1, 0.15) is 28.9 Å². The Balaban J connectivity index is 1.23. The Labute approximate surface area is 235 Å². The van der Waals surface area contributed by atoms with Gasteiger partial charge in [0.25, 0.3) is 0 Å². The first-order chi connectivity index (χ1) is 19.8. The van der Waals surface area contributed by atoms with Gasteiger partial charge in [-0.3, -0.25) is 4.79 Å². The molecular weight excluding hydrogens is 525 g/mol. The van der Waals surface area contributed by atoms with Gasteiger partial charge in [0.05, 0.1) is 11.0 Å². The lowest BCUT2D eigenvalue weighted by Crippen LogP contribution is -2.48. The average molecular weight is 554 g/mol. The molecule has 2 aromatic carbocycles. The van der Waals surface area contributed by atoms with Crippen molar-refractivity contribution < 1.29 is 13.9 Å². The fourth-order valence-electron chi connectivity index (χ4n) is 5.04. The molecule has 0 spiro atoms. The lowest BCUT2D eigenvalue weighted by atomic mass is 10.1. The first-order valence-electron chi connectivity index (χ1n) is 13.1. The van der Waals surface area contributed by atoms with Gasteiger partial charge in [-0.05, 0) is 55.8 Å². The number of ether oxygens (including phenoxy) is 1. The molecule has 0 aliphatic carbocycles. The maximum atomic E-state index is 15.1. The highest BCUT2D eigenvalue weighted by atomic mass is 19.1. The van der Waals surface area contributed by atoms with Gasteiger partial charge in [0, 0.05) is 50.5 Å². The second-order valence-electron chi connectivity index (χ2n) is 9.88. The van der Waals surface area contributed by atoms with E-state index in [2.05, 4.69) is 37.1 Å². The van der Waals surface area contributed by atoms with Crippen LogP contribution in [0.4, 0.5) is 21.7 Å². The highest BCUT2D eigenvalue weighted by Crippen LogP contribution is 2.34. The minimum Gasteiger partial charge on any atom is -0.454 e. The molecule has 0 unspecified atom stereocenters. The molecule has 1 amide bonds. The highest BCUT2D eigenvalue weighted by molar-refractivity contribution is 5.89. The second kappa shape index (κ2) is 10.5. The zero-order valence-corrected chi connectivity index (χ0v) is 22.9. The summed E-state index contributed by atoms with van der Waals surface area (Å²) in [4.78, 5) is 29.5. The predicted molar refractivity (Wildman–Crippen MR) is 154 cm³/mol. The summed E-state index contributed by atoms with van der Waals surface area (Å²) in [7, 11) is 1.73. The first-order valence-corrected chi connectivity index (χ1v) is 13.1. The number of benzene rings is 2. The standard InChI is InChI=1S/C29H28FN9O2/c1-5-25(40)39-12-10-38(11-13-39)24-9-7-20-27(34-24)29(32-16-31-20)33-19-6-8-22(17(2)14-19)41-23-15-21-28(18(3)26(23)30)37(4)36-35-21/h5-9,14-16H,1,10-13H2,2-4H3,(H,31,32,33). The van der Waals surface area contributed by atoms with Crippen molar-refractivity contribution in [1.29, 1.82) is 0 Å². The smallest absolute Gasteiger partial charge is 0.246 e. The summed E-state index contributed by atoms with van der Waals surface area (Å²) < 4.78 is 22.6. The number of pyridine rings is 1. The molecule has 208 valence electrons. The summed E-state index contributed by atoms with van der Waals surface area (Å²) in [5, 5.41) is 11.4. The number of nitrogens with one attached hydrogen (secondary N) is 1. The van der Waals surface area contributed by atoms with Crippen molar-refractivity contribution in [3.8, 4) is 11.5 Å². The van der Waals surface area contributed by atoms with Crippen LogP contribution < -0.4 is 15.0 Å². The quantitative estimate of drug-likeness (QED) is 0.305. The number of hydrogen-bond donors (Lipinski definition) is 1. The van der Waals surface area contributed by atoms with E-state index < -0.39 is 5.82 Å². The van der Waals surface area contributed by atoms with Crippen molar-refractivity contribution in [2.45, 2.75) is 13.8 Å². The normalized spacial score (nSPS) is 13.6. The molecule has 1 saturated heterocycles. The molecule has 11 nitrogen and oxygen atoms in total. The number of halogens is 1. The lowest BCUT2D eigenvalue weighted by Gasteiger charge is -2.35. The fraction of sp³-hybridized carbons (Fsp3) is 0.241. The predicted octanol–water partition coefficient (Wildman–Crippen LogP) is 4.43. The van der Waals surface area contributed by atoms with E-state index in [1.54, 1.807) is 35.7 Å². The van der Waals surface area contributed by atoms with Gasteiger partial charge in [-0.15, -0.1) is 5.10 Å². The van der Waals surface area contributed by atoms with E-state index in [0.717, 1.165) is 17.1 Å². The number of carbonyl (C=O) groups is 1. The third-order valence-electron chi connectivity index (χ3n) is 7.24. The maximum Gasteiger partial charge on any atom is 0.246 e. The van der Waals surface area contributed by atoms with Gasteiger partial charge in [-0.25, -0.2) is 24.0 Å². The van der Waals surface area contributed by atoms with E-state index in [1.165, 1.54) is 12.4 Å². The maximum absolute atomic E-state index is 15.1. The molecule has 0 atom stereocenters. The summed E-state index contributed by atoms with van der Waals surface area (Å²) in [6.07, 6.45) is 2.83. The van der Waals surface area contributed by atoms with Crippen LogP contribution in [-0.4, -0.2) is 66.9 Å². The lowest BCUT2D eigenvalue weighted by molar-refractivity contribution is -0.126. The monoisotopic (exact) mass is 553 g/mol. The van der Waals surface area contributed by atoms with Crippen LogP contribution in [-0.2, 0) is 11.8 Å². The van der Waals surface area contributed by atoms with Crippen molar-refractivity contribution in [2.24, 2.45) is 7.05 Å². The first kappa shape index (κ1) is 26.1. The second-order valence-corrected chi connectivity index (χ2v) is 9.88. The largest absolute Gasteiger partial charge is 0.454 e. The third-order valence-corrected chi connectivity index (χ3v) is 7.24. The third kappa shape index (κ3) is 4.88. The van der Waals surface area contributed by atoms with Gasteiger partial charge in [-0.1, -0.05) is 11.8 Å². The SMILES string of the molecule is C=CC(=O)N1CCN(c2ccc3ncnc(Nc4ccc(Oc5cc6nnn(C)c6c(C)c5F)c(C)c4)c3n2)CC1. The van der Waals surface area contributed by atoms with Crippen LogP contribution in [0.5, 0.6) is 11.5 Å². The van der Waals surface area contributed by atoms with Crippen LogP contribution in [0.2, 0.25) is 0 Å². The van der Waals surface area contributed by atoms with Crippen LogP contribution >= 0.6 is 0 Å². The number of fused-ring (bicyclic) bond motifs is 2. The van der Waals surface area contributed by atoms with Crippen molar-refractivity contribution in [3.05, 3.63) is 72.3 Å². The van der Waals surface area contributed by atoms with Crippen LogP contribution in [0.3, 0.4) is 0 Å². The molecule has 1 N–H and O–H groups in total. The van der Waals surface area contributed by atoms with Gasteiger partial charge >= 0.3 is 0 Å². The minimum atomic E-state index is -0.451. The van der Waals surface area contributed by atoms with Gasteiger partial charge in [-0.2, -0.15) is 0 Å². The Kier molecular flexibility index (Phi) is 6.66. The number of aryl methyl sites for hydroxylation is 3. The summed E-state index contributed by atoms with van der Waals surface area (Å²) in [5.41, 5.74) is 4.51. The van der Waals surface area contributed by atoms with Crippen molar-refractivity contribution in [1.82, 2.24) is 34.8 Å². The van der Waals surface area contributed by atoms with Crippen LogP contribution in [0.15, 0.2) is 55.4 Å². The molecule has 1 aliphatic rings. The molecule has 0 saturated carbocycles. The molecule has 0 bridgehead atoms. The molecule has 3 aromatic heterocycles. The van der Waals surface area contributed by atoms with Gasteiger partial charge in [0.15, 0.2) is 17.4 Å². The van der Waals surface area contributed by atoms with Crippen molar-refractivity contribution in [2.75, 3.05) is 36.4 Å². The van der Waals surface area contributed by atoms with Crippen LogP contribution in [0, 0.1) is 19.7 Å². The Bertz CT molecular complexity index is 1810. The van der Waals surface area contributed by atoms with Gasteiger partial charge in [0.2, 0.25) is 5.91 Å². The molecular formula is C29H28FN9O2. The van der Waals surface area contributed by atoms with E-state index in [1.807, 2.05) is 31.2 Å². The Hall–Kier alpha value is -5.13. The van der Waals surface area contributed by atoms with E-state index in [-0.39, 0.29) is 11.7 Å². The zero-order chi connectivity index (χ0) is 28.7. The van der Waals surface area contributed by atoms with Crippen LogP contribution in [0.25, 0.3) is 22.1 Å². The molecule has 1 fully saturated rings. The van der Waals surface area contributed by atoms with E-state index in [9.17, 15) is 4.79 Å². The number of aromatic nitrogens is 6. The van der Waals surface area contributed by atoms with Crippen molar-refractivity contribution >= 4 is 45.3 Å².